The predicted molar refractivity (Wildman–Crippen MR) is 257 cm³/mol. The molecule has 0 bridgehead atoms. The zero-order valence-corrected chi connectivity index (χ0v) is 41.4. The van der Waals surface area contributed by atoms with Crippen molar-refractivity contribution in [3.8, 4) is 0 Å². The molecule has 0 N–H and O–H groups in total. The minimum absolute atomic E-state index is 0. The van der Waals surface area contributed by atoms with Gasteiger partial charge in [-0.3, -0.25) is 0 Å². The molecule has 0 unspecified atom stereocenters. The summed E-state index contributed by atoms with van der Waals surface area (Å²) in [5, 5.41) is 0. The van der Waals surface area contributed by atoms with Gasteiger partial charge < -0.3 is 33.2 Å². The lowest BCUT2D eigenvalue weighted by Gasteiger charge is -2.35. The maximum Gasteiger partial charge on any atom is 0.585 e. The third kappa shape index (κ3) is 19.8. The lowest BCUT2D eigenvalue weighted by molar-refractivity contribution is -0.342. The van der Waals surface area contributed by atoms with Gasteiger partial charge >= 0.3 is 6.29 Å². The molecule has 9 heteroatoms. The van der Waals surface area contributed by atoms with E-state index in [-0.39, 0.29) is 79.3 Å². The summed E-state index contributed by atoms with van der Waals surface area (Å²) in [5.74, 6) is 5.70. The number of hydrogen-bond acceptors (Lipinski definition) is 7. The highest BCUT2D eigenvalue weighted by molar-refractivity contribution is 5.27. The Morgan fingerprint density at radius 2 is 0.590 bits per heavy atom. The van der Waals surface area contributed by atoms with Crippen molar-refractivity contribution >= 4 is 0 Å². The van der Waals surface area contributed by atoms with Crippen LogP contribution in [-0.2, 0) is 33.2 Å². The highest BCUT2D eigenvalue weighted by Gasteiger charge is 2.51. The highest BCUT2D eigenvalue weighted by atomic mass is 19.3. The average Bonchev–Trinajstić information content (AvgIpc) is 3.67. The van der Waals surface area contributed by atoms with E-state index < -0.39 is 17.1 Å². The van der Waals surface area contributed by atoms with E-state index in [1.807, 2.05) is 41.5 Å². The van der Waals surface area contributed by atoms with Crippen LogP contribution >= 0.6 is 0 Å². The topological polar surface area (TPSA) is 64.6 Å². The Morgan fingerprint density at radius 1 is 0.344 bits per heavy atom. The first-order chi connectivity index (χ1) is 24.8. The number of rotatable bonds is 0. The Balaban J connectivity index is -0.000000348. The van der Waals surface area contributed by atoms with Crippen molar-refractivity contribution in [2.45, 2.75) is 228 Å². The lowest BCUT2D eigenvalue weighted by Crippen LogP contribution is -2.28. The maximum absolute atomic E-state index is 13.0. The first-order valence-corrected chi connectivity index (χ1v) is 20.8. The zero-order valence-electron chi connectivity index (χ0n) is 41.4. The Hall–Kier alpha value is -2.58. The lowest BCUT2D eigenvalue weighted by atomic mass is 9.78. The van der Waals surface area contributed by atoms with Gasteiger partial charge in [-0.25, -0.2) is 0 Å². The van der Waals surface area contributed by atoms with Gasteiger partial charge in [0.05, 0.1) is 0 Å². The molecule has 4 aliphatic rings. The van der Waals surface area contributed by atoms with Crippen molar-refractivity contribution in [2.75, 3.05) is 20.0 Å². The predicted octanol–water partition coefficient (Wildman–Crippen LogP) is 17.6. The number of alkyl halides is 2. The molecule has 61 heavy (non-hydrogen) atoms. The zero-order chi connectivity index (χ0) is 45.4. The summed E-state index contributed by atoms with van der Waals surface area (Å²) in [6.45, 7) is 56.3. The van der Waals surface area contributed by atoms with Crippen LogP contribution in [0, 0.1) is 43.3 Å². The smallest absolute Gasteiger partial charge is 0.491 e. The third-order valence-electron chi connectivity index (χ3n) is 8.97. The molecular formula is C52H102F2O7. The van der Waals surface area contributed by atoms with Crippen LogP contribution in [0.2, 0.25) is 0 Å². The second-order valence-electron chi connectivity index (χ2n) is 24.6. The molecule has 0 amide bonds. The van der Waals surface area contributed by atoms with Crippen LogP contribution in [0.1, 0.15) is 216 Å². The molecule has 7 nitrogen and oxygen atoms in total. The van der Waals surface area contributed by atoms with Crippen LogP contribution in [-0.4, -0.2) is 31.9 Å². The summed E-state index contributed by atoms with van der Waals surface area (Å²) >= 11 is 0. The van der Waals surface area contributed by atoms with Crippen LogP contribution < -0.4 is 0 Å². The molecule has 366 valence electrons. The van der Waals surface area contributed by atoms with E-state index in [4.69, 9.17) is 23.7 Å². The highest BCUT2D eigenvalue weighted by Crippen LogP contribution is 2.49. The summed E-state index contributed by atoms with van der Waals surface area (Å²) in [7, 11) is 0. The van der Waals surface area contributed by atoms with Gasteiger partial charge in [-0.05, 0) is 24.8 Å². The van der Waals surface area contributed by atoms with Gasteiger partial charge in [-0.2, -0.15) is 0 Å². The molecule has 0 saturated carbocycles. The quantitative estimate of drug-likeness (QED) is 0.240. The molecule has 0 fully saturated rings. The molecule has 0 aromatic carbocycles. The first-order valence-electron chi connectivity index (χ1n) is 20.8. The van der Waals surface area contributed by atoms with E-state index >= 15 is 0 Å². The molecule has 4 rings (SSSR count). The Labute approximate surface area is 378 Å². The van der Waals surface area contributed by atoms with Gasteiger partial charge in [0.2, 0.25) is 6.79 Å². The van der Waals surface area contributed by atoms with Crippen molar-refractivity contribution < 1.29 is 41.9 Å². The SMILES string of the molecule is C.C.C.C.CC(C)(C)C1=C(C(C)(C)C)OC(F)(F)O1.CC(C)(C)C1=C(C(C)(C)C)OCCO1.CC(C)(C)C1=C(C(C)(C)C)OCO1.CC1(C)CC(C(C)(C)C)=C(C(C)(C)C)O1. The molecule has 0 spiro atoms. The summed E-state index contributed by atoms with van der Waals surface area (Å²) in [6.07, 6.45) is -2.46. The number of ether oxygens (including phenoxy) is 7. The minimum Gasteiger partial charge on any atom is -0.491 e. The normalized spacial score (nSPS) is 19.0. The second kappa shape index (κ2) is 21.4. The molecule has 0 atom stereocenters. The van der Waals surface area contributed by atoms with Gasteiger partial charge in [0, 0.05) is 44.3 Å². The van der Waals surface area contributed by atoms with Gasteiger partial charge in [0.25, 0.3) is 0 Å². The molecule has 4 heterocycles. The fourth-order valence-corrected chi connectivity index (χ4v) is 6.36. The van der Waals surface area contributed by atoms with E-state index in [1.165, 1.54) is 11.3 Å². The van der Waals surface area contributed by atoms with E-state index in [1.54, 1.807) is 0 Å². The monoisotopic (exact) mass is 877 g/mol. The Morgan fingerprint density at radius 3 is 0.803 bits per heavy atom. The van der Waals surface area contributed by atoms with Crippen molar-refractivity contribution in [2.24, 2.45) is 43.3 Å². The van der Waals surface area contributed by atoms with Crippen LogP contribution in [0.4, 0.5) is 8.78 Å². The fraction of sp³-hybridized carbons (Fsp3) is 0.846. The summed E-state index contributed by atoms with van der Waals surface area (Å²) in [5.41, 5.74) is 0.980. The molecule has 0 saturated heterocycles. The second-order valence-corrected chi connectivity index (χ2v) is 24.6. The molecule has 4 aliphatic heterocycles. The van der Waals surface area contributed by atoms with Crippen molar-refractivity contribution in [1.29, 1.82) is 0 Å². The van der Waals surface area contributed by atoms with E-state index in [0.717, 1.165) is 29.5 Å². The van der Waals surface area contributed by atoms with Gasteiger partial charge in [-0.15, -0.1) is 8.78 Å². The van der Waals surface area contributed by atoms with Crippen LogP contribution in [0.25, 0.3) is 0 Å². The minimum atomic E-state index is -3.52. The van der Waals surface area contributed by atoms with Gasteiger partial charge in [0.1, 0.15) is 47.6 Å². The van der Waals surface area contributed by atoms with Crippen LogP contribution in [0.3, 0.4) is 0 Å². The summed E-state index contributed by atoms with van der Waals surface area (Å²) < 4.78 is 63.8. The number of halogens is 2. The Kier molecular flexibility index (Phi) is 22.8. The molecule has 0 aromatic rings. The van der Waals surface area contributed by atoms with E-state index in [2.05, 4.69) is 148 Å². The third-order valence-corrected chi connectivity index (χ3v) is 8.97. The summed E-state index contributed by atoms with van der Waals surface area (Å²) in [4.78, 5) is 0. The Bertz CT molecular complexity index is 1330. The van der Waals surface area contributed by atoms with E-state index in [9.17, 15) is 8.78 Å². The molecule has 0 aromatic heterocycles. The standard InChI is InChI=1S/C14H26O.C12H22O2.C11H18F2O2.C11H20O2.4CH4/c1-12(2,3)10-9-14(7,8)15-11(10)13(4,5)6;1-11(2,3)9-10(12(4,5)6)14-8-7-13-9;1-9(2,3)7-8(10(4,5)6)15-11(12,13)14-7;1-10(2,3)8-9(11(4,5)6)13-7-12-8;;;;/h9H2,1-8H3;7-8H2,1-6H3;1-6H3;7H2,1-6H3;4*1H4. The number of allylic oxidation sites excluding steroid dienone is 7. The first kappa shape index (κ1) is 65.0. The molecule has 0 radical (unpaired) electrons. The molecule has 0 aliphatic carbocycles. The van der Waals surface area contributed by atoms with Crippen molar-refractivity contribution in [1.82, 2.24) is 0 Å². The largest absolute Gasteiger partial charge is 0.585 e. The van der Waals surface area contributed by atoms with Crippen LogP contribution in [0.5, 0.6) is 0 Å². The molecular weight excluding hydrogens is 775 g/mol. The van der Waals surface area contributed by atoms with Crippen molar-refractivity contribution in [3.63, 3.8) is 0 Å². The number of hydrogen-bond donors (Lipinski definition) is 0. The van der Waals surface area contributed by atoms with Gasteiger partial charge in [-0.1, -0.05) is 196 Å². The van der Waals surface area contributed by atoms with E-state index in [0.29, 0.717) is 20.0 Å². The fourth-order valence-electron chi connectivity index (χ4n) is 6.36. The van der Waals surface area contributed by atoms with Gasteiger partial charge in [0.15, 0.2) is 11.5 Å². The average molecular weight is 877 g/mol. The van der Waals surface area contributed by atoms with Crippen molar-refractivity contribution in [3.05, 3.63) is 45.9 Å². The van der Waals surface area contributed by atoms with Crippen LogP contribution in [0.15, 0.2) is 45.9 Å². The maximum atomic E-state index is 13.0. The summed E-state index contributed by atoms with van der Waals surface area (Å²) in [6, 6.07) is 0.